The van der Waals surface area contributed by atoms with Gasteiger partial charge in [-0.15, -0.1) is 0 Å². The maximum Gasteiger partial charge on any atom is 0.238 e. The van der Waals surface area contributed by atoms with Crippen molar-refractivity contribution in [3.05, 3.63) is 24.3 Å². The number of primary sulfonamides is 1. The van der Waals surface area contributed by atoms with Crippen molar-refractivity contribution >= 4 is 15.7 Å². The number of nitrogens with two attached hydrogens (primary N) is 1. The number of benzene rings is 1. The molecule has 0 aliphatic heterocycles. The fraction of sp³-hybridized carbons (Fsp3) is 0.571. The molecule has 3 N–H and O–H groups in total. The van der Waals surface area contributed by atoms with Gasteiger partial charge in [-0.1, -0.05) is 13.8 Å². The van der Waals surface area contributed by atoms with Crippen molar-refractivity contribution < 1.29 is 8.42 Å². The van der Waals surface area contributed by atoms with Gasteiger partial charge in [0.1, 0.15) is 0 Å². The van der Waals surface area contributed by atoms with Crippen LogP contribution in [0.5, 0.6) is 0 Å². The minimum absolute atomic E-state index is 0.156. The first-order chi connectivity index (χ1) is 8.86. The first kappa shape index (κ1) is 14.3. The molecule has 3 unspecified atom stereocenters. The summed E-state index contributed by atoms with van der Waals surface area (Å²) in [5, 5.41) is 8.55. The van der Waals surface area contributed by atoms with E-state index < -0.39 is 10.0 Å². The molecule has 3 atom stereocenters. The highest BCUT2D eigenvalue weighted by atomic mass is 32.2. The van der Waals surface area contributed by atoms with Gasteiger partial charge in [0.2, 0.25) is 10.0 Å². The van der Waals surface area contributed by atoms with Gasteiger partial charge in [-0.2, -0.15) is 0 Å². The van der Waals surface area contributed by atoms with Crippen LogP contribution in [0.1, 0.15) is 33.1 Å². The second kappa shape index (κ2) is 5.51. The Morgan fingerprint density at radius 2 is 1.74 bits per heavy atom. The molecular weight excluding hydrogens is 260 g/mol. The second-order valence-corrected chi connectivity index (χ2v) is 7.24. The zero-order valence-corrected chi connectivity index (χ0v) is 12.3. The van der Waals surface area contributed by atoms with Crippen LogP contribution >= 0.6 is 0 Å². The lowest BCUT2D eigenvalue weighted by Crippen LogP contribution is -2.30. The smallest absolute Gasteiger partial charge is 0.238 e. The molecule has 0 aromatic heterocycles. The van der Waals surface area contributed by atoms with Gasteiger partial charge >= 0.3 is 0 Å². The quantitative estimate of drug-likeness (QED) is 0.895. The van der Waals surface area contributed by atoms with E-state index in [4.69, 9.17) is 5.14 Å². The van der Waals surface area contributed by atoms with Crippen LogP contribution in [0, 0.1) is 11.8 Å². The van der Waals surface area contributed by atoms with E-state index in [1.807, 2.05) is 0 Å². The molecule has 1 aliphatic carbocycles. The van der Waals surface area contributed by atoms with Gasteiger partial charge in [0.25, 0.3) is 0 Å². The molecule has 106 valence electrons. The Labute approximate surface area is 115 Å². The lowest BCUT2D eigenvalue weighted by molar-refractivity contribution is 0.261. The van der Waals surface area contributed by atoms with Gasteiger partial charge in [-0.05, 0) is 55.4 Å². The van der Waals surface area contributed by atoms with E-state index in [0.717, 1.165) is 23.9 Å². The number of rotatable bonds is 3. The molecule has 0 radical (unpaired) electrons. The summed E-state index contributed by atoms with van der Waals surface area (Å²) in [4.78, 5) is 0.156. The highest BCUT2D eigenvalue weighted by Crippen LogP contribution is 2.31. The van der Waals surface area contributed by atoms with Crippen LogP contribution in [0.2, 0.25) is 0 Å². The molecule has 0 heterocycles. The fourth-order valence-corrected chi connectivity index (χ4v) is 3.17. The van der Waals surface area contributed by atoms with Gasteiger partial charge in [0.05, 0.1) is 4.90 Å². The van der Waals surface area contributed by atoms with Gasteiger partial charge in [-0.3, -0.25) is 0 Å². The molecule has 4 nitrogen and oxygen atoms in total. The van der Waals surface area contributed by atoms with Crippen molar-refractivity contribution in [3.8, 4) is 0 Å². The van der Waals surface area contributed by atoms with Crippen molar-refractivity contribution in [1.82, 2.24) is 0 Å². The van der Waals surface area contributed by atoms with E-state index in [1.54, 1.807) is 24.3 Å². The molecule has 0 amide bonds. The number of anilines is 1. The summed E-state index contributed by atoms with van der Waals surface area (Å²) in [6.07, 6.45) is 3.58. The van der Waals surface area contributed by atoms with E-state index in [9.17, 15) is 8.42 Å². The molecule has 1 aromatic rings. The van der Waals surface area contributed by atoms with Gasteiger partial charge in [0, 0.05) is 11.7 Å². The zero-order valence-electron chi connectivity index (χ0n) is 11.5. The lowest BCUT2D eigenvalue weighted by Gasteiger charge is -2.33. The predicted molar refractivity (Wildman–Crippen MR) is 77.4 cm³/mol. The minimum Gasteiger partial charge on any atom is -0.382 e. The average molecular weight is 282 g/mol. The van der Waals surface area contributed by atoms with Gasteiger partial charge in [-0.25, -0.2) is 13.6 Å². The Balaban J connectivity index is 2.00. The van der Waals surface area contributed by atoms with E-state index in [1.165, 1.54) is 12.8 Å². The standard InChI is InChI=1S/C14H22N2O2S/c1-10-3-4-13(9-11(10)2)16-12-5-7-14(8-6-12)19(15,17)18/h5-8,10-11,13,16H,3-4,9H2,1-2H3,(H2,15,17,18). The summed E-state index contributed by atoms with van der Waals surface area (Å²) in [7, 11) is -3.60. The van der Waals surface area contributed by atoms with Crippen LogP contribution in [0.4, 0.5) is 5.69 Å². The SMILES string of the molecule is CC1CCC(Nc2ccc(S(N)(=O)=O)cc2)CC1C. The van der Waals surface area contributed by atoms with Crippen molar-refractivity contribution in [2.24, 2.45) is 17.0 Å². The zero-order chi connectivity index (χ0) is 14.0. The monoisotopic (exact) mass is 282 g/mol. The minimum atomic E-state index is -3.60. The Morgan fingerprint density at radius 3 is 2.26 bits per heavy atom. The van der Waals surface area contributed by atoms with Crippen molar-refractivity contribution in [3.63, 3.8) is 0 Å². The lowest BCUT2D eigenvalue weighted by atomic mass is 9.79. The Kier molecular flexibility index (Phi) is 4.16. The maximum absolute atomic E-state index is 11.2. The highest BCUT2D eigenvalue weighted by molar-refractivity contribution is 7.89. The molecule has 0 bridgehead atoms. The molecule has 1 aromatic carbocycles. The molecule has 2 rings (SSSR count). The summed E-state index contributed by atoms with van der Waals surface area (Å²) in [6, 6.07) is 7.14. The van der Waals surface area contributed by atoms with Crippen molar-refractivity contribution in [1.29, 1.82) is 0 Å². The van der Waals surface area contributed by atoms with Crippen LogP contribution < -0.4 is 10.5 Å². The third-order valence-corrected chi connectivity index (χ3v) is 5.08. The number of sulfonamides is 1. The summed E-state index contributed by atoms with van der Waals surface area (Å²) in [6.45, 7) is 4.60. The molecule has 1 fully saturated rings. The second-order valence-electron chi connectivity index (χ2n) is 5.68. The van der Waals surface area contributed by atoms with E-state index in [-0.39, 0.29) is 4.90 Å². The average Bonchev–Trinajstić information content (AvgIpc) is 2.33. The molecule has 5 heteroatoms. The number of hydrogen-bond donors (Lipinski definition) is 2. The van der Waals surface area contributed by atoms with Gasteiger partial charge in [0.15, 0.2) is 0 Å². The molecule has 19 heavy (non-hydrogen) atoms. The molecule has 1 saturated carbocycles. The summed E-state index contributed by atoms with van der Waals surface area (Å²) >= 11 is 0. The molecule has 1 aliphatic rings. The molecule has 0 saturated heterocycles. The van der Waals surface area contributed by atoms with Crippen LogP contribution in [-0.2, 0) is 10.0 Å². The van der Waals surface area contributed by atoms with Crippen LogP contribution in [0.15, 0.2) is 29.2 Å². The fourth-order valence-electron chi connectivity index (χ4n) is 2.66. The molecular formula is C14H22N2O2S. The first-order valence-electron chi connectivity index (χ1n) is 6.75. The molecule has 0 spiro atoms. The largest absolute Gasteiger partial charge is 0.382 e. The Morgan fingerprint density at radius 1 is 1.11 bits per heavy atom. The van der Waals surface area contributed by atoms with Crippen LogP contribution in [0.25, 0.3) is 0 Å². The van der Waals surface area contributed by atoms with Crippen LogP contribution in [-0.4, -0.2) is 14.5 Å². The number of nitrogens with one attached hydrogen (secondary N) is 1. The van der Waals surface area contributed by atoms with Crippen LogP contribution in [0.3, 0.4) is 0 Å². The highest BCUT2D eigenvalue weighted by Gasteiger charge is 2.24. The third-order valence-electron chi connectivity index (χ3n) is 4.15. The summed E-state index contributed by atoms with van der Waals surface area (Å²) in [5.74, 6) is 1.53. The topological polar surface area (TPSA) is 72.2 Å². The Bertz CT molecular complexity index is 525. The summed E-state index contributed by atoms with van der Waals surface area (Å²) < 4.78 is 22.3. The normalized spacial score (nSPS) is 28.1. The first-order valence-corrected chi connectivity index (χ1v) is 8.30. The van der Waals surface area contributed by atoms with Crippen molar-refractivity contribution in [2.45, 2.75) is 44.0 Å². The third kappa shape index (κ3) is 3.70. The van der Waals surface area contributed by atoms with E-state index in [2.05, 4.69) is 19.2 Å². The summed E-state index contributed by atoms with van der Waals surface area (Å²) in [5.41, 5.74) is 0.958. The number of hydrogen-bond acceptors (Lipinski definition) is 3. The van der Waals surface area contributed by atoms with Crippen molar-refractivity contribution in [2.75, 3.05) is 5.32 Å². The van der Waals surface area contributed by atoms with Gasteiger partial charge < -0.3 is 5.32 Å². The van der Waals surface area contributed by atoms with E-state index in [0.29, 0.717) is 6.04 Å². The van der Waals surface area contributed by atoms with E-state index >= 15 is 0 Å². The predicted octanol–water partition coefficient (Wildman–Crippen LogP) is 2.57. The maximum atomic E-state index is 11.2. The Hall–Kier alpha value is -1.07.